The second-order valence-electron chi connectivity index (χ2n) is 6.68. The third kappa shape index (κ3) is 5.43. The molecule has 2 aromatic heterocycles. The van der Waals surface area contributed by atoms with Crippen LogP contribution in [0.15, 0.2) is 42.7 Å². The van der Waals surface area contributed by atoms with Crippen LogP contribution in [-0.2, 0) is 16.1 Å². The molecule has 0 unspecified atom stereocenters. The first-order valence-electron chi connectivity index (χ1n) is 9.62. The molecule has 3 rings (SSSR count). The number of nitrogens with zero attached hydrogens (tertiary/aromatic N) is 5. The van der Waals surface area contributed by atoms with Gasteiger partial charge in [-0.05, 0) is 43.7 Å². The van der Waals surface area contributed by atoms with Gasteiger partial charge in [-0.2, -0.15) is 0 Å². The number of rotatable bonds is 8. The lowest BCUT2D eigenvalue weighted by Gasteiger charge is -2.21. The fourth-order valence-corrected chi connectivity index (χ4v) is 3.14. The SMILES string of the molecule is CCOC(=O)CCN(Cc1cccnc1)C(=O)c1nnn(-c2ccc(F)c(Cl)c2)c1C. The molecule has 0 spiro atoms. The third-order valence-corrected chi connectivity index (χ3v) is 4.81. The number of benzene rings is 1. The molecule has 0 atom stereocenters. The van der Waals surface area contributed by atoms with Crippen LogP contribution in [0.5, 0.6) is 0 Å². The lowest BCUT2D eigenvalue weighted by atomic mass is 10.2. The molecule has 0 bridgehead atoms. The number of hydrogen-bond donors (Lipinski definition) is 0. The van der Waals surface area contributed by atoms with E-state index in [1.54, 1.807) is 32.3 Å². The number of esters is 1. The maximum atomic E-state index is 13.5. The van der Waals surface area contributed by atoms with Gasteiger partial charge < -0.3 is 9.64 Å². The van der Waals surface area contributed by atoms with Crippen molar-refractivity contribution in [1.29, 1.82) is 0 Å². The van der Waals surface area contributed by atoms with Crippen LogP contribution < -0.4 is 0 Å². The van der Waals surface area contributed by atoms with Gasteiger partial charge in [0.1, 0.15) is 5.82 Å². The first-order valence-corrected chi connectivity index (χ1v) is 10.00. The summed E-state index contributed by atoms with van der Waals surface area (Å²) in [6.07, 6.45) is 3.33. The molecule has 3 aromatic rings. The molecule has 0 N–H and O–H groups in total. The van der Waals surface area contributed by atoms with Crippen molar-refractivity contribution in [2.24, 2.45) is 0 Å². The summed E-state index contributed by atoms with van der Waals surface area (Å²) < 4.78 is 19.9. The standard InChI is InChI=1S/C21H21ClFN5O3/c1-3-31-19(29)8-10-27(13-15-5-4-9-24-12-15)21(30)20-14(2)28(26-25-20)16-6-7-18(23)17(22)11-16/h4-7,9,11-12H,3,8,10,13H2,1-2H3. The van der Waals surface area contributed by atoms with E-state index in [4.69, 9.17) is 16.3 Å². The van der Waals surface area contributed by atoms with Gasteiger partial charge in [-0.3, -0.25) is 14.6 Å². The maximum absolute atomic E-state index is 13.5. The Morgan fingerprint density at radius 3 is 2.77 bits per heavy atom. The highest BCUT2D eigenvalue weighted by Gasteiger charge is 2.24. The topological polar surface area (TPSA) is 90.2 Å². The minimum atomic E-state index is -0.555. The Hall–Kier alpha value is -3.33. The van der Waals surface area contributed by atoms with Crippen molar-refractivity contribution in [3.8, 4) is 5.69 Å². The molecular formula is C21H21ClFN5O3. The molecule has 8 nitrogen and oxygen atoms in total. The van der Waals surface area contributed by atoms with E-state index >= 15 is 0 Å². The van der Waals surface area contributed by atoms with E-state index in [0.29, 0.717) is 11.4 Å². The quantitative estimate of drug-likeness (QED) is 0.494. The van der Waals surface area contributed by atoms with Crippen molar-refractivity contribution >= 4 is 23.5 Å². The molecule has 0 aliphatic rings. The van der Waals surface area contributed by atoms with E-state index in [2.05, 4.69) is 15.3 Å². The highest BCUT2D eigenvalue weighted by molar-refractivity contribution is 6.30. The van der Waals surface area contributed by atoms with Crippen LogP contribution in [-0.4, -0.2) is 49.9 Å². The minimum absolute atomic E-state index is 0.0423. The van der Waals surface area contributed by atoms with Crippen molar-refractivity contribution in [2.75, 3.05) is 13.2 Å². The van der Waals surface area contributed by atoms with Crippen molar-refractivity contribution in [1.82, 2.24) is 24.9 Å². The van der Waals surface area contributed by atoms with Crippen LogP contribution in [0.1, 0.15) is 35.1 Å². The number of carbonyl (C=O) groups is 2. The fraction of sp³-hybridized carbons (Fsp3) is 0.286. The van der Waals surface area contributed by atoms with Gasteiger partial charge in [-0.1, -0.05) is 22.9 Å². The second kappa shape index (κ2) is 10.1. The Balaban J connectivity index is 1.86. The van der Waals surface area contributed by atoms with Crippen molar-refractivity contribution in [2.45, 2.75) is 26.8 Å². The van der Waals surface area contributed by atoms with Crippen LogP contribution in [0.2, 0.25) is 5.02 Å². The number of aromatic nitrogens is 4. The molecule has 0 fully saturated rings. The summed E-state index contributed by atoms with van der Waals surface area (Å²) in [5, 5.41) is 7.99. The highest BCUT2D eigenvalue weighted by Crippen LogP contribution is 2.21. The number of halogens is 2. The van der Waals surface area contributed by atoms with Gasteiger partial charge in [-0.25, -0.2) is 9.07 Å². The Labute approximate surface area is 183 Å². The van der Waals surface area contributed by atoms with Crippen molar-refractivity contribution in [3.05, 3.63) is 70.5 Å². The number of pyridine rings is 1. The predicted molar refractivity (Wildman–Crippen MR) is 111 cm³/mol. The normalized spacial score (nSPS) is 10.7. The van der Waals surface area contributed by atoms with Gasteiger partial charge in [-0.15, -0.1) is 5.10 Å². The molecule has 2 heterocycles. The summed E-state index contributed by atoms with van der Waals surface area (Å²) in [6, 6.07) is 7.71. The lowest BCUT2D eigenvalue weighted by molar-refractivity contribution is -0.143. The molecule has 1 aromatic carbocycles. The van der Waals surface area contributed by atoms with Crippen LogP contribution in [0, 0.1) is 12.7 Å². The number of carbonyl (C=O) groups excluding carboxylic acids is 2. The van der Waals surface area contributed by atoms with Gasteiger partial charge in [0.25, 0.3) is 5.91 Å². The van der Waals surface area contributed by atoms with Crippen molar-refractivity contribution in [3.63, 3.8) is 0 Å². The van der Waals surface area contributed by atoms with E-state index in [0.717, 1.165) is 5.56 Å². The van der Waals surface area contributed by atoms with Gasteiger partial charge in [0, 0.05) is 25.5 Å². The third-order valence-electron chi connectivity index (χ3n) is 4.52. The Bertz CT molecular complexity index is 1070. The van der Waals surface area contributed by atoms with E-state index in [9.17, 15) is 14.0 Å². The predicted octanol–water partition coefficient (Wildman–Crippen LogP) is 3.36. The average Bonchev–Trinajstić information content (AvgIpc) is 3.15. The number of ether oxygens (including phenoxy) is 1. The molecule has 10 heteroatoms. The summed E-state index contributed by atoms with van der Waals surface area (Å²) in [6.45, 7) is 4.04. The molecule has 162 valence electrons. The van der Waals surface area contributed by atoms with Crippen LogP contribution in [0.4, 0.5) is 4.39 Å². The molecule has 0 saturated carbocycles. The number of amides is 1. The van der Waals surface area contributed by atoms with Crippen LogP contribution in [0.25, 0.3) is 5.69 Å². The van der Waals surface area contributed by atoms with E-state index in [-0.39, 0.29) is 36.8 Å². The van der Waals surface area contributed by atoms with Crippen LogP contribution >= 0.6 is 11.6 Å². The van der Waals surface area contributed by atoms with Crippen LogP contribution in [0.3, 0.4) is 0 Å². The summed E-state index contributed by atoms with van der Waals surface area (Å²) in [7, 11) is 0. The zero-order valence-electron chi connectivity index (χ0n) is 17.1. The monoisotopic (exact) mass is 445 g/mol. The number of hydrogen-bond acceptors (Lipinski definition) is 6. The average molecular weight is 446 g/mol. The largest absolute Gasteiger partial charge is 0.466 e. The van der Waals surface area contributed by atoms with Gasteiger partial charge in [0.2, 0.25) is 0 Å². The van der Waals surface area contributed by atoms with E-state index < -0.39 is 17.7 Å². The molecular weight excluding hydrogens is 425 g/mol. The molecule has 31 heavy (non-hydrogen) atoms. The molecule has 0 saturated heterocycles. The first kappa shape index (κ1) is 22.4. The molecule has 0 radical (unpaired) electrons. The lowest BCUT2D eigenvalue weighted by Crippen LogP contribution is -2.33. The Kier molecular flexibility index (Phi) is 7.30. The zero-order chi connectivity index (χ0) is 22.4. The fourth-order valence-electron chi connectivity index (χ4n) is 2.96. The second-order valence-corrected chi connectivity index (χ2v) is 7.08. The highest BCUT2D eigenvalue weighted by atomic mass is 35.5. The van der Waals surface area contributed by atoms with Gasteiger partial charge in [0.15, 0.2) is 5.69 Å². The van der Waals surface area contributed by atoms with Gasteiger partial charge >= 0.3 is 5.97 Å². The molecule has 1 amide bonds. The van der Waals surface area contributed by atoms with Crippen molar-refractivity contribution < 1.29 is 18.7 Å². The zero-order valence-corrected chi connectivity index (χ0v) is 17.8. The van der Waals surface area contributed by atoms with Gasteiger partial charge in [0.05, 0.1) is 29.4 Å². The molecule has 0 aliphatic carbocycles. The Morgan fingerprint density at radius 2 is 2.10 bits per heavy atom. The van der Waals surface area contributed by atoms with E-state index in [1.165, 1.54) is 27.8 Å². The Morgan fingerprint density at radius 1 is 1.29 bits per heavy atom. The molecule has 0 aliphatic heterocycles. The summed E-state index contributed by atoms with van der Waals surface area (Å²) in [5.74, 6) is -1.35. The summed E-state index contributed by atoms with van der Waals surface area (Å²) in [5.41, 5.74) is 1.85. The van der Waals surface area contributed by atoms with E-state index in [1.807, 2.05) is 6.07 Å². The maximum Gasteiger partial charge on any atom is 0.307 e. The smallest absolute Gasteiger partial charge is 0.307 e. The summed E-state index contributed by atoms with van der Waals surface area (Å²) in [4.78, 5) is 30.6. The first-order chi connectivity index (χ1) is 14.9. The minimum Gasteiger partial charge on any atom is -0.466 e. The summed E-state index contributed by atoms with van der Waals surface area (Å²) >= 11 is 5.86.